The maximum atomic E-state index is 11.9. The van der Waals surface area contributed by atoms with Gasteiger partial charge in [0, 0.05) is 24.8 Å². The number of hydrogen-bond donors (Lipinski definition) is 1. The summed E-state index contributed by atoms with van der Waals surface area (Å²) >= 11 is 0. The molecule has 0 spiro atoms. The predicted molar refractivity (Wildman–Crippen MR) is 78.8 cm³/mol. The normalized spacial score (nSPS) is 17.5. The summed E-state index contributed by atoms with van der Waals surface area (Å²) in [6.07, 6.45) is 3.31. The Hall–Kier alpha value is -2.89. The van der Waals surface area contributed by atoms with Gasteiger partial charge in [-0.05, 0) is 36.4 Å². The first-order valence-corrected chi connectivity index (χ1v) is 6.84. The third-order valence-corrected chi connectivity index (χ3v) is 3.49. The van der Waals surface area contributed by atoms with Gasteiger partial charge in [0.15, 0.2) is 0 Å². The van der Waals surface area contributed by atoms with Crippen LogP contribution in [0.1, 0.15) is 6.42 Å². The molecule has 1 aromatic carbocycles. The van der Waals surface area contributed by atoms with E-state index in [1.807, 2.05) is 0 Å². The third kappa shape index (κ3) is 2.90. The van der Waals surface area contributed by atoms with E-state index in [1.165, 1.54) is 4.90 Å². The maximum absolute atomic E-state index is 11.9. The molecular weight excluding hydrogens is 284 g/mol. The van der Waals surface area contributed by atoms with Crippen molar-refractivity contribution in [2.75, 3.05) is 11.4 Å². The van der Waals surface area contributed by atoms with Gasteiger partial charge in [0.05, 0.1) is 12.1 Å². The molecule has 3 rings (SSSR count). The number of aromatic nitrogens is 1. The van der Waals surface area contributed by atoms with Crippen LogP contribution < -0.4 is 9.64 Å². The fourth-order valence-corrected chi connectivity index (χ4v) is 2.36. The van der Waals surface area contributed by atoms with Crippen LogP contribution in [-0.2, 0) is 9.59 Å². The molecule has 1 amide bonds. The van der Waals surface area contributed by atoms with Crippen molar-refractivity contribution in [1.29, 1.82) is 0 Å². The lowest BCUT2D eigenvalue weighted by atomic mass is 10.1. The molecule has 1 atom stereocenters. The zero-order valence-corrected chi connectivity index (χ0v) is 11.7. The summed E-state index contributed by atoms with van der Waals surface area (Å²) in [5, 5.41) is 9.00. The van der Waals surface area contributed by atoms with E-state index in [0.717, 1.165) is 0 Å². The summed E-state index contributed by atoms with van der Waals surface area (Å²) < 4.78 is 5.62. The number of benzene rings is 1. The number of carboxylic acids is 1. The van der Waals surface area contributed by atoms with Gasteiger partial charge in [0.1, 0.15) is 11.5 Å². The monoisotopic (exact) mass is 298 g/mol. The second-order valence-electron chi connectivity index (χ2n) is 5.03. The molecule has 0 bridgehead atoms. The van der Waals surface area contributed by atoms with E-state index < -0.39 is 11.9 Å². The number of carbonyl (C=O) groups is 2. The van der Waals surface area contributed by atoms with Crippen LogP contribution in [-0.4, -0.2) is 28.5 Å². The molecule has 1 N–H and O–H groups in total. The molecule has 1 aromatic heterocycles. The summed E-state index contributed by atoms with van der Waals surface area (Å²) in [4.78, 5) is 28.3. The molecule has 6 nitrogen and oxygen atoms in total. The largest absolute Gasteiger partial charge is 0.481 e. The lowest BCUT2D eigenvalue weighted by molar-refractivity contribution is -0.141. The molecule has 1 aliphatic rings. The van der Waals surface area contributed by atoms with Crippen LogP contribution in [0.5, 0.6) is 11.5 Å². The number of hydrogen-bond acceptors (Lipinski definition) is 4. The second-order valence-corrected chi connectivity index (χ2v) is 5.03. The smallest absolute Gasteiger partial charge is 0.308 e. The lowest BCUT2D eigenvalue weighted by Crippen LogP contribution is -2.25. The molecule has 22 heavy (non-hydrogen) atoms. The van der Waals surface area contributed by atoms with E-state index in [4.69, 9.17) is 9.84 Å². The van der Waals surface area contributed by atoms with Gasteiger partial charge in [-0.2, -0.15) is 0 Å². The first-order chi connectivity index (χ1) is 10.6. The van der Waals surface area contributed by atoms with Crippen LogP contribution in [0.25, 0.3) is 0 Å². The molecule has 0 radical (unpaired) electrons. The summed E-state index contributed by atoms with van der Waals surface area (Å²) in [6, 6.07) is 10.5. The Morgan fingerprint density at radius 3 is 2.59 bits per heavy atom. The third-order valence-electron chi connectivity index (χ3n) is 3.49. The highest BCUT2D eigenvalue weighted by molar-refractivity contribution is 5.99. The van der Waals surface area contributed by atoms with Gasteiger partial charge in [-0.25, -0.2) is 0 Å². The highest BCUT2D eigenvalue weighted by Gasteiger charge is 2.34. The minimum absolute atomic E-state index is 0.0449. The highest BCUT2D eigenvalue weighted by Crippen LogP contribution is 2.28. The van der Waals surface area contributed by atoms with Gasteiger partial charge in [0.25, 0.3) is 0 Å². The van der Waals surface area contributed by atoms with E-state index >= 15 is 0 Å². The average molecular weight is 298 g/mol. The quantitative estimate of drug-likeness (QED) is 0.937. The van der Waals surface area contributed by atoms with E-state index in [1.54, 1.807) is 48.8 Å². The van der Waals surface area contributed by atoms with Crippen LogP contribution in [0.4, 0.5) is 5.69 Å². The minimum Gasteiger partial charge on any atom is -0.481 e. The number of carbonyl (C=O) groups excluding carboxylic acids is 1. The topological polar surface area (TPSA) is 79.7 Å². The standard InChI is InChI=1S/C16H14N2O4/c19-15-8-11(16(20)21)10-18(15)12-3-5-13(6-4-12)22-14-2-1-7-17-9-14/h1-7,9,11H,8,10H2,(H,20,21). The SMILES string of the molecule is O=C(O)C1CC(=O)N(c2ccc(Oc3cccnc3)cc2)C1. The second kappa shape index (κ2) is 5.85. The first kappa shape index (κ1) is 14.1. The number of aliphatic carboxylic acids is 1. The van der Waals surface area contributed by atoms with Gasteiger partial charge in [-0.3, -0.25) is 14.6 Å². The molecule has 0 aliphatic carbocycles. The fraction of sp³-hybridized carbons (Fsp3) is 0.188. The molecule has 1 aliphatic heterocycles. The highest BCUT2D eigenvalue weighted by atomic mass is 16.5. The zero-order chi connectivity index (χ0) is 15.5. The molecular formula is C16H14N2O4. The Kier molecular flexibility index (Phi) is 3.74. The number of carboxylic acid groups (broad SMARTS) is 1. The van der Waals surface area contributed by atoms with E-state index in [-0.39, 0.29) is 18.9 Å². The molecule has 112 valence electrons. The molecule has 1 fully saturated rings. The number of pyridine rings is 1. The van der Waals surface area contributed by atoms with E-state index in [2.05, 4.69) is 4.98 Å². The average Bonchev–Trinajstić information content (AvgIpc) is 2.91. The Labute approximate surface area is 127 Å². The fourth-order valence-electron chi connectivity index (χ4n) is 2.36. The molecule has 6 heteroatoms. The maximum Gasteiger partial charge on any atom is 0.308 e. The van der Waals surface area contributed by atoms with E-state index in [0.29, 0.717) is 17.2 Å². The van der Waals surface area contributed by atoms with Crippen molar-refractivity contribution in [2.24, 2.45) is 5.92 Å². The summed E-state index contributed by atoms with van der Waals surface area (Å²) in [5.41, 5.74) is 0.673. The number of ether oxygens (including phenoxy) is 1. The Balaban J connectivity index is 1.72. The van der Waals surface area contributed by atoms with Crippen LogP contribution >= 0.6 is 0 Å². The minimum atomic E-state index is -0.938. The number of rotatable bonds is 4. The number of amides is 1. The Bertz CT molecular complexity index is 685. The summed E-state index contributed by atoms with van der Waals surface area (Å²) in [7, 11) is 0. The van der Waals surface area contributed by atoms with Crippen molar-refractivity contribution < 1.29 is 19.4 Å². The number of nitrogens with zero attached hydrogens (tertiary/aromatic N) is 2. The van der Waals surface area contributed by atoms with Crippen LogP contribution in [0.15, 0.2) is 48.8 Å². The van der Waals surface area contributed by atoms with Gasteiger partial charge in [-0.1, -0.05) is 0 Å². The van der Waals surface area contributed by atoms with Crippen molar-refractivity contribution in [1.82, 2.24) is 4.98 Å². The van der Waals surface area contributed by atoms with Crippen LogP contribution in [0.2, 0.25) is 0 Å². The molecule has 1 unspecified atom stereocenters. The van der Waals surface area contributed by atoms with Crippen molar-refractivity contribution in [2.45, 2.75) is 6.42 Å². The van der Waals surface area contributed by atoms with Crippen molar-refractivity contribution >= 4 is 17.6 Å². The van der Waals surface area contributed by atoms with Gasteiger partial charge in [0.2, 0.25) is 5.91 Å². The first-order valence-electron chi connectivity index (χ1n) is 6.84. The van der Waals surface area contributed by atoms with Crippen molar-refractivity contribution in [3.63, 3.8) is 0 Å². The predicted octanol–water partition coefficient (Wildman–Crippen LogP) is 2.31. The van der Waals surface area contributed by atoms with Gasteiger partial charge < -0.3 is 14.7 Å². The van der Waals surface area contributed by atoms with Crippen LogP contribution in [0.3, 0.4) is 0 Å². The van der Waals surface area contributed by atoms with Gasteiger partial charge in [-0.15, -0.1) is 0 Å². The molecule has 2 aromatic rings. The van der Waals surface area contributed by atoms with Crippen molar-refractivity contribution in [3.8, 4) is 11.5 Å². The zero-order valence-electron chi connectivity index (χ0n) is 11.7. The lowest BCUT2D eigenvalue weighted by Gasteiger charge is -2.16. The number of anilines is 1. The Morgan fingerprint density at radius 1 is 1.23 bits per heavy atom. The molecule has 2 heterocycles. The summed E-state index contributed by atoms with van der Waals surface area (Å²) in [6.45, 7) is 0.205. The molecule has 1 saturated heterocycles. The summed E-state index contributed by atoms with van der Waals surface area (Å²) in [5.74, 6) is -0.504. The van der Waals surface area contributed by atoms with Crippen LogP contribution in [0, 0.1) is 5.92 Å². The van der Waals surface area contributed by atoms with Gasteiger partial charge >= 0.3 is 5.97 Å². The van der Waals surface area contributed by atoms with E-state index in [9.17, 15) is 9.59 Å². The molecule has 0 saturated carbocycles. The van der Waals surface area contributed by atoms with Crippen molar-refractivity contribution in [3.05, 3.63) is 48.8 Å². The Morgan fingerprint density at radius 2 is 2.00 bits per heavy atom.